The molecule has 0 fully saturated rings. The minimum atomic E-state index is -0.125. The van der Waals surface area contributed by atoms with Crippen LogP contribution in [-0.4, -0.2) is 4.57 Å². The van der Waals surface area contributed by atoms with Crippen LogP contribution in [0.25, 0.3) is 91.9 Å². The molecule has 13 rings (SSSR count). The maximum atomic E-state index is 6.77. The molecule has 3 heterocycles. The summed E-state index contributed by atoms with van der Waals surface area (Å²) in [7, 11) is 0. The van der Waals surface area contributed by atoms with E-state index in [2.05, 4.69) is 217 Å². The van der Waals surface area contributed by atoms with E-state index < -0.39 is 0 Å². The molecule has 0 N–H and O–H groups in total. The molecular weight excluding hydrogens is 761 g/mol. The second-order valence-corrected chi connectivity index (χ2v) is 18.0. The van der Waals surface area contributed by atoms with Crippen LogP contribution in [0.4, 0.5) is 17.1 Å². The Morgan fingerprint density at radius 1 is 0.459 bits per heavy atom. The van der Waals surface area contributed by atoms with Gasteiger partial charge in [-0.05, 0) is 107 Å². The Bertz CT molecular complexity index is 3740. The SMILES string of the molecule is CC1(C)c2ccccc2-c2ccc(-c3c4c(cc5c3c3ccccc3n5-c3ccc(N(c5ccccc5)c5ccc6sc7ccccc7c6c5)cc3)oc3ccccc34)cc21. The fraction of sp³-hybridized carbons (Fsp3) is 0.0526. The molecule has 0 atom stereocenters. The Kier molecular flexibility index (Phi) is 7.23. The summed E-state index contributed by atoms with van der Waals surface area (Å²) in [5.74, 6) is 0. The first-order chi connectivity index (χ1) is 30.0. The third-order valence-electron chi connectivity index (χ3n) is 13.2. The average molecular weight is 799 g/mol. The van der Waals surface area contributed by atoms with E-state index in [1.807, 2.05) is 11.3 Å². The van der Waals surface area contributed by atoms with Crippen molar-refractivity contribution < 1.29 is 4.42 Å². The largest absolute Gasteiger partial charge is 0.456 e. The topological polar surface area (TPSA) is 21.3 Å². The average Bonchev–Trinajstić information content (AvgIpc) is 4.03. The van der Waals surface area contributed by atoms with Crippen LogP contribution < -0.4 is 4.90 Å². The standard InChI is InChI=1S/C57H38N2OS/c1-57(2)46-20-10-6-16-40(46)41-30-24-35(32-47(41)57)54-55-43-18-7-11-21-48(43)59(49(55)34-51-56(54)44-19-8-12-22-50(44)60-51)38-27-25-37(26-28-38)58(36-14-4-3-5-15-36)39-29-31-53-45(33-39)42-17-9-13-23-52(42)61-53/h3-34H,1-2H3. The number of hydrogen-bond donors (Lipinski definition) is 0. The number of para-hydroxylation sites is 3. The summed E-state index contributed by atoms with van der Waals surface area (Å²) >= 11 is 1.85. The molecule has 0 saturated heterocycles. The van der Waals surface area contributed by atoms with Crippen LogP contribution in [0.1, 0.15) is 25.0 Å². The summed E-state index contributed by atoms with van der Waals surface area (Å²) in [5, 5.41) is 7.32. The second-order valence-electron chi connectivity index (χ2n) is 16.9. The van der Waals surface area contributed by atoms with E-state index in [1.54, 1.807) is 0 Å². The molecule has 0 aliphatic heterocycles. The van der Waals surface area contributed by atoms with Gasteiger partial charge in [0.1, 0.15) is 11.2 Å². The van der Waals surface area contributed by atoms with Crippen LogP contribution >= 0.6 is 11.3 Å². The highest BCUT2D eigenvalue weighted by Gasteiger charge is 2.36. The normalized spacial score (nSPS) is 13.2. The first kappa shape index (κ1) is 34.5. The van der Waals surface area contributed by atoms with Crippen molar-refractivity contribution in [1.82, 2.24) is 4.57 Å². The van der Waals surface area contributed by atoms with E-state index in [0.29, 0.717) is 0 Å². The van der Waals surface area contributed by atoms with Gasteiger partial charge in [-0.25, -0.2) is 0 Å². The van der Waals surface area contributed by atoms with Crippen LogP contribution in [-0.2, 0) is 5.41 Å². The second kappa shape index (κ2) is 12.8. The van der Waals surface area contributed by atoms with Crippen LogP contribution in [0.5, 0.6) is 0 Å². The zero-order chi connectivity index (χ0) is 40.4. The Balaban J connectivity index is 1.03. The van der Waals surface area contributed by atoms with Gasteiger partial charge in [-0.2, -0.15) is 0 Å². The smallest absolute Gasteiger partial charge is 0.138 e. The van der Waals surface area contributed by atoms with Crippen LogP contribution in [0.2, 0.25) is 0 Å². The predicted molar refractivity (Wildman–Crippen MR) is 259 cm³/mol. The quantitative estimate of drug-likeness (QED) is 0.173. The monoisotopic (exact) mass is 798 g/mol. The zero-order valence-corrected chi connectivity index (χ0v) is 34.5. The number of furan rings is 1. The van der Waals surface area contributed by atoms with Gasteiger partial charge < -0.3 is 13.9 Å². The third kappa shape index (κ3) is 4.97. The molecule has 1 aliphatic carbocycles. The molecule has 4 heteroatoms. The van der Waals surface area contributed by atoms with Gasteiger partial charge in [-0.1, -0.05) is 123 Å². The summed E-state index contributed by atoms with van der Waals surface area (Å²) in [6, 6.07) is 71.0. The fourth-order valence-corrected chi connectivity index (χ4v) is 11.5. The fourth-order valence-electron chi connectivity index (χ4n) is 10.4. The minimum Gasteiger partial charge on any atom is -0.456 e. The van der Waals surface area contributed by atoms with Crippen molar-refractivity contribution in [1.29, 1.82) is 0 Å². The van der Waals surface area contributed by atoms with E-state index in [9.17, 15) is 0 Å². The summed E-state index contributed by atoms with van der Waals surface area (Å²) < 4.78 is 11.8. The molecule has 0 radical (unpaired) electrons. The summed E-state index contributed by atoms with van der Waals surface area (Å²) in [5.41, 5.74) is 16.2. The number of anilines is 3. The Morgan fingerprint density at radius 2 is 1.13 bits per heavy atom. The summed E-state index contributed by atoms with van der Waals surface area (Å²) in [4.78, 5) is 2.37. The van der Waals surface area contributed by atoms with Crippen molar-refractivity contribution in [3.8, 4) is 27.9 Å². The van der Waals surface area contributed by atoms with Crippen molar-refractivity contribution in [2.75, 3.05) is 4.90 Å². The van der Waals surface area contributed by atoms with Crippen molar-refractivity contribution in [3.05, 3.63) is 205 Å². The lowest BCUT2D eigenvalue weighted by Crippen LogP contribution is -2.14. The maximum absolute atomic E-state index is 6.77. The molecule has 0 saturated carbocycles. The third-order valence-corrected chi connectivity index (χ3v) is 14.3. The first-order valence-electron chi connectivity index (χ1n) is 21.0. The molecular formula is C57H38N2OS. The molecule has 3 nitrogen and oxygen atoms in total. The maximum Gasteiger partial charge on any atom is 0.138 e. The zero-order valence-electron chi connectivity index (χ0n) is 33.7. The van der Waals surface area contributed by atoms with Gasteiger partial charge in [-0.15, -0.1) is 11.3 Å². The Labute approximate surface area is 357 Å². The highest BCUT2D eigenvalue weighted by molar-refractivity contribution is 7.25. The van der Waals surface area contributed by atoms with Gasteiger partial charge in [0.05, 0.1) is 11.0 Å². The molecule has 0 bridgehead atoms. The molecule has 9 aromatic carbocycles. The number of fused-ring (bicyclic) bond motifs is 12. The summed E-state index contributed by atoms with van der Waals surface area (Å²) in [6.45, 7) is 4.73. The van der Waals surface area contributed by atoms with Crippen LogP contribution in [0.3, 0.4) is 0 Å². The lowest BCUT2D eigenvalue weighted by atomic mass is 9.81. The number of aromatic nitrogens is 1. The highest BCUT2D eigenvalue weighted by atomic mass is 32.1. The van der Waals surface area contributed by atoms with E-state index >= 15 is 0 Å². The molecule has 288 valence electrons. The van der Waals surface area contributed by atoms with E-state index in [0.717, 1.165) is 55.7 Å². The Morgan fingerprint density at radius 3 is 2.00 bits per heavy atom. The van der Waals surface area contributed by atoms with Crippen LogP contribution in [0.15, 0.2) is 199 Å². The van der Waals surface area contributed by atoms with E-state index in [1.165, 1.54) is 64.3 Å². The predicted octanol–water partition coefficient (Wildman–Crippen LogP) is 16.5. The number of hydrogen-bond acceptors (Lipinski definition) is 3. The molecule has 12 aromatic rings. The highest BCUT2D eigenvalue weighted by Crippen LogP contribution is 2.52. The summed E-state index contributed by atoms with van der Waals surface area (Å²) in [6.07, 6.45) is 0. The van der Waals surface area contributed by atoms with Crippen molar-refractivity contribution in [2.24, 2.45) is 0 Å². The van der Waals surface area contributed by atoms with Crippen molar-refractivity contribution >= 4 is 92.3 Å². The molecule has 0 amide bonds. The van der Waals surface area contributed by atoms with Crippen molar-refractivity contribution in [2.45, 2.75) is 19.3 Å². The number of nitrogens with zero attached hydrogens (tertiary/aromatic N) is 2. The number of thiophene rings is 1. The lowest BCUT2D eigenvalue weighted by Gasteiger charge is -2.26. The van der Waals surface area contributed by atoms with Gasteiger partial charge in [-0.3, -0.25) is 0 Å². The van der Waals surface area contributed by atoms with Crippen molar-refractivity contribution in [3.63, 3.8) is 0 Å². The van der Waals surface area contributed by atoms with Gasteiger partial charge in [0.2, 0.25) is 0 Å². The van der Waals surface area contributed by atoms with Crippen LogP contribution in [0, 0.1) is 0 Å². The Hall–Kier alpha value is -7.40. The lowest BCUT2D eigenvalue weighted by molar-refractivity contribution is 0.660. The molecule has 1 aliphatic rings. The van der Waals surface area contributed by atoms with Gasteiger partial charge in [0.15, 0.2) is 0 Å². The van der Waals surface area contributed by atoms with Gasteiger partial charge in [0, 0.05) is 81.5 Å². The minimum absolute atomic E-state index is 0.125. The van der Waals surface area contributed by atoms with Gasteiger partial charge in [0.25, 0.3) is 0 Å². The van der Waals surface area contributed by atoms with E-state index in [-0.39, 0.29) is 5.41 Å². The van der Waals surface area contributed by atoms with Gasteiger partial charge >= 0.3 is 0 Å². The number of benzene rings is 9. The molecule has 61 heavy (non-hydrogen) atoms. The molecule has 3 aromatic heterocycles. The first-order valence-corrected chi connectivity index (χ1v) is 21.8. The van der Waals surface area contributed by atoms with E-state index in [4.69, 9.17) is 4.42 Å². The molecule has 0 spiro atoms. The number of rotatable bonds is 5. The molecule has 0 unspecified atom stereocenters.